The molecule has 0 aliphatic carbocycles. The van der Waals surface area contributed by atoms with Gasteiger partial charge in [-0.25, -0.2) is 19.1 Å². The van der Waals surface area contributed by atoms with Gasteiger partial charge in [-0.05, 0) is 39.0 Å². The number of ether oxygens (including phenoxy) is 2. The average Bonchev–Trinajstić information content (AvgIpc) is 2.97. The van der Waals surface area contributed by atoms with Gasteiger partial charge in [0.25, 0.3) is 0 Å². The zero-order valence-electron chi connectivity index (χ0n) is 26.3. The fourth-order valence-corrected chi connectivity index (χ4v) is 4.77. The summed E-state index contributed by atoms with van der Waals surface area (Å²) >= 11 is 0. The summed E-state index contributed by atoms with van der Waals surface area (Å²) in [5.41, 5.74) is 0.871. The molecule has 41 heavy (non-hydrogen) atoms. The van der Waals surface area contributed by atoms with Crippen LogP contribution in [0.4, 0.5) is 9.59 Å². The van der Waals surface area contributed by atoms with Crippen molar-refractivity contribution in [2.24, 2.45) is 0 Å². The van der Waals surface area contributed by atoms with Crippen molar-refractivity contribution in [1.29, 1.82) is 0 Å². The van der Waals surface area contributed by atoms with Crippen molar-refractivity contribution in [3.8, 4) is 0 Å². The third-order valence-electron chi connectivity index (χ3n) is 7.34. The van der Waals surface area contributed by atoms with Crippen molar-refractivity contribution >= 4 is 18.1 Å². The highest BCUT2D eigenvalue weighted by Gasteiger charge is 2.23. The highest BCUT2D eigenvalue weighted by atomic mass is 16.6. The zero-order chi connectivity index (χ0) is 30.0. The molecule has 0 bridgehead atoms. The van der Waals surface area contributed by atoms with Gasteiger partial charge in [0.15, 0.2) is 6.20 Å². The van der Waals surface area contributed by atoms with E-state index < -0.39 is 6.09 Å². The van der Waals surface area contributed by atoms with E-state index in [0.717, 1.165) is 49.2 Å². The highest BCUT2D eigenvalue weighted by Crippen LogP contribution is 2.12. The topological polar surface area (TPSA) is 88.8 Å². The Morgan fingerprint density at radius 3 is 1.83 bits per heavy atom. The molecule has 0 spiro atoms. The summed E-state index contributed by atoms with van der Waals surface area (Å²) in [7, 11) is 0. The van der Waals surface area contributed by atoms with E-state index in [-0.39, 0.29) is 25.2 Å². The Bertz CT molecular complexity index is 833. The van der Waals surface area contributed by atoms with Gasteiger partial charge in [-0.1, -0.05) is 90.0 Å². The lowest BCUT2D eigenvalue weighted by Gasteiger charge is -2.17. The van der Waals surface area contributed by atoms with Crippen LogP contribution in [0.2, 0.25) is 0 Å². The smallest absolute Gasteiger partial charge is 0.417 e. The SMILES string of the molecule is CCCCCCCCCCCCCCCNC(=O)OCCCCCCOC(=O)N(Cc1cccc[n+]1CC)C(C)=O. The van der Waals surface area contributed by atoms with Gasteiger partial charge >= 0.3 is 12.2 Å². The molecule has 0 atom stereocenters. The monoisotopic (exact) mass is 576 g/mol. The first kappa shape index (κ1) is 36.4. The van der Waals surface area contributed by atoms with Crippen LogP contribution in [-0.2, 0) is 27.4 Å². The molecule has 0 radical (unpaired) electrons. The molecule has 1 heterocycles. The number of hydrogen-bond acceptors (Lipinski definition) is 5. The van der Waals surface area contributed by atoms with Gasteiger partial charge in [-0.2, -0.15) is 0 Å². The maximum absolute atomic E-state index is 12.5. The zero-order valence-corrected chi connectivity index (χ0v) is 26.3. The second-order valence-electron chi connectivity index (χ2n) is 10.9. The minimum Gasteiger partial charge on any atom is -0.450 e. The summed E-state index contributed by atoms with van der Waals surface area (Å²) in [6.45, 7) is 7.89. The van der Waals surface area contributed by atoms with Gasteiger partial charge in [0, 0.05) is 25.6 Å². The Morgan fingerprint density at radius 2 is 1.27 bits per heavy atom. The van der Waals surface area contributed by atoms with E-state index in [4.69, 9.17) is 9.47 Å². The third kappa shape index (κ3) is 19.2. The average molecular weight is 577 g/mol. The van der Waals surface area contributed by atoms with Crippen LogP contribution in [0.5, 0.6) is 0 Å². The summed E-state index contributed by atoms with van der Waals surface area (Å²) in [5.74, 6) is -0.342. The molecule has 0 saturated carbocycles. The lowest BCUT2D eigenvalue weighted by atomic mass is 10.0. The largest absolute Gasteiger partial charge is 0.450 e. The lowest BCUT2D eigenvalue weighted by Crippen LogP contribution is -2.43. The molecule has 1 N–H and O–H groups in total. The molecule has 8 nitrogen and oxygen atoms in total. The van der Waals surface area contributed by atoms with Crippen LogP contribution in [0.1, 0.15) is 136 Å². The Balaban J connectivity index is 1.95. The molecule has 0 unspecified atom stereocenters. The quantitative estimate of drug-likeness (QED) is 0.1000. The molecule has 1 aromatic heterocycles. The lowest BCUT2D eigenvalue weighted by molar-refractivity contribution is -0.701. The first-order chi connectivity index (χ1) is 20.0. The Morgan fingerprint density at radius 1 is 0.732 bits per heavy atom. The number of unbranched alkanes of at least 4 members (excludes halogenated alkanes) is 15. The predicted octanol–water partition coefficient (Wildman–Crippen LogP) is 7.86. The van der Waals surface area contributed by atoms with E-state index in [1.807, 2.05) is 35.9 Å². The van der Waals surface area contributed by atoms with Crippen LogP contribution in [0.15, 0.2) is 24.4 Å². The number of amides is 3. The van der Waals surface area contributed by atoms with Crippen LogP contribution in [0.25, 0.3) is 0 Å². The number of nitrogens with zero attached hydrogens (tertiary/aromatic N) is 2. The normalized spacial score (nSPS) is 10.8. The van der Waals surface area contributed by atoms with Crippen molar-refractivity contribution in [2.75, 3.05) is 19.8 Å². The molecule has 8 heteroatoms. The number of alkyl carbamates (subject to hydrolysis) is 1. The van der Waals surface area contributed by atoms with E-state index in [1.165, 1.54) is 77.6 Å². The van der Waals surface area contributed by atoms with Gasteiger partial charge in [-0.15, -0.1) is 0 Å². The first-order valence-corrected chi connectivity index (χ1v) is 16.3. The van der Waals surface area contributed by atoms with Gasteiger partial charge in [0.05, 0.1) is 13.2 Å². The fraction of sp³-hybridized carbons (Fsp3) is 0.758. The van der Waals surface area contributed by atoms with E-state index in [2.05, 4.69) is 12.2 Å². The maximum Gasteiger partial charge on any atom is 0.417 e. The second kappa shape index (κ2) is 25.1. The van der Waals surface area contributed by atoms with Gasteiger partial charge in [-0.3, -0.25) is 4.79 Å². The minimum atomic E-state index is -0.618. The summed E-state index contributed by atoms with van der Waals surface area (Å²) in [6.07, 6.45) is 21.2. The summed E-state index contributed by atoms with van der Waals surface area (Å²) < 4.78 is 12.6. The molecule has 0 aromatic carbocycles. The molecular formula is C33H58N3O5+. The standard InChI is InChI=1S/C33H57N3O5/c1-4-6-7-8-9-10-11-12-13-14-15-16-20-25-34-32(38)40-27-22-17-18-23-28-41-33(39)36(30(3)37)29-31-24-19-21-26-35(31)5-2/h19,21,24,26H,4-18,20,22-23,25,27-29H2,1-3H3/p+1. The van der Waals surface area contributed by atoms with E-state index in [1.54, 1.807) is 0 Å². The van der Waals surface area contributed by atoms with Crippen molar-refractivity contribution in [3.63, 3.8) is 0 Å². The van der Waals surface area contributed by atoms with Crippen LogP contribution >= 0.6 is 0 Å². The number of imide groups is 1. The second-order valence-corrected chi connectivity index (χ2v) is 10.9. The number of pyridine rings is 1. The van der Waals surface area contributed by atoms with E-state index in [9.17, 15) is 14.4 Å². The third-order valence-corrected chi connectivity index (χ3v) is 7.34. The van der Waals surface area contributed by atoms with Crippen molar-refractivity contribution in [1.82, 2.24) is 10.2 Å². The number of nitrogens with one attached hydrogen (secondary N) is 1. The number of carbonyl (C=O) groups excluding carboxylic acids is 3. The molecule has 1 rings (SSSR count). The number of aromatic nitrogens is 1. The molecule has 0 aliphatic rings. The summed E-state index contributed by atoms with van der Waals surface area (Å²) in [5, 5.41) is 2.84. The molecule has 234 valence electrons. The van der Waals surface area contributed by atoms with Gasteiger partial charge < -0.3 is 14.8 Å². The molecule has 3 amide bonds. The maximum atomic E-state index is 12.5. The molecule has 0 saturated heterocycles. The fourth-order valence-electron chi connectivity index (χ4n) is 4.77. The Labute approximate surface area is 249 Å². The number of aryl methyl sites for hydroxylation is 1. The summed E-state index contributed by atoms with van der Waals surface area (Å²) in [4.78, 5) is 37.4. The Hall–Kier alpha value is -2.64. The summed E-state index contributed by atoms with van der Waals surface area (Å²) in [6, 6.07) is 5.70. The van der Waals surface area contributed by atoms with E-state index in [0.29, 0.717) is 19.6 Å². The number of carbonyl (C=O) groups is 3. The van der Waals surface area contributed by atoms with Crippen molar-refractivity contribution in [2.45, 2.75) is 143 Å². The predicted molar refractivity (Wildman–Crippen MR) is 163 cm³/mol. The van der Waals surface area contributed by atoms with Crippen LogP contribution in [0.3, 0.4) is 0 Å². The van der Waals surface area contributed by atoms with E-state index >= 15 is 0 Å². The van der Waals surface area contributed by atoms with Crippen LogP contribution in [0, 0.1) is 0 Å². The van der Waals surface area contributed by atoms with Crippen molar-refractivity contribution < 1.29 is 28.4 Å². The first-order valence-electron chi connectivity index (χ1n) is 16.3. The number of rotatable bonds is 24. The molecular weight excluding hydrogens is 518 g/mol. The van der Waals surface area contributed by atoms with Crippen LogP contribution in [-0.4, -0.2) is 42.8 Å². The molecule has 1 aromatic rings. The van der Waals surface area contributed by atoms with Crippen LogP contribution < -0.4 is 9.88 Å². The van der Waals surface area contributed by atoms with Gasteiger partial charge in [0.1, 0.15) is 13.1 Å². The van der Waals surface area contributed by atoms with Gasteiger partial charge in [0.2, 0.25) is 11.6 Å². The number of hydrogen-bond donors (Lipinski definition) is 1. The highest BCUT2D eigenvalue weighted by molar-refractivity contribution is 5.90. The minimum absolute atomic E-state index is 0.182. The molecule has 0 aliphatic heterocycles. The Kier molecular flexibility index (Phi) is 22.3. The van der Waals surface area contributed by atoms with Crippen molar-refractivity contribution in [3.05, 3.63) is 30.1 Å². The molecule has 0 fully saturated rings.